The molecule has 5 heteroatoms. The average Bonchev–Trinajstić information content (AvgIpc) is 2.69. The number of halogens is 2. The summed E-state index contributed by atoms with van der Waals surface area (Å²) in [6.07, 6.45) is 1.82. The van der Waals surface area contributed by atoms with Crippen LogP contribution in [0, 0.1) is 0 Å². The Morgan fingerprint density at radius 3 is 2.59 bits per heavy atom. The minimum atomic E-state index is 0.491. The van der Waals surface area contributed by atoms with Gasteiger partial charge in [0.15, 0.2) is 5.16 Å². The van der Waals surface area contributed by atoms with Gasteiger partial charge in [-0.3, -0.25) is 0 Å². The van der Waals surface area contributed by atoms with E-state index in [1.54, 1.807) is 11.8 Å². The van der Waals surface area contributed by atoms with E-state index in [4.69, 9.17) is 23.2 Å². The predicted octanol–water partition coefficient (Wildman–Crippen LogP) is 4.10. The SMILES string of the molecule is Cn1c(CCl)cnc1SCc1ccc(Cl)cc1. The van der Waals surface area contributed by atoms with Gasteiger partial charge in [-0.15, -0.1) is 11.6 Å². The molecule has 0 aliphatic carbocycles. The summed E-state index contributed by atoms with van der Waals surface area (Å²) < 4.78 is 2.02. The van der Waals surface area contributed by atoms with Crippen LogP contribution in [0.1, 0.15) is 11.3 Å². The fourth-order valence-corrected chi connectivity index (χ4v) is 2.71. The highest BCUT2D eigenvalue weighted by atomic mass is 35.5. The van der Waals surface area contributed by atoms with Crippen LogP contribution in [0.3, 0.4) is 0 Å². The Balaban J connectivity index is 2.02. The molecule has 0 fully saturated rings. The van der Waals surface area contributed by atoms with E-state index in [1.165, 1.54) is 5.56 Å². The van der Waals surface area contributed by atoms with Gasteiger partial charge >= 0.3 is 0 Å². The Morgan fingerprint density at radius 2 is 2.00 bits per heavy atom. The van der Waals surface area contributed by atoms with Crippen LogP contribution in [0.15, 0.2) is 35.6 Å². The molecular formula is C12H12Cl2N2S. The summed E-state index contributed by atoms with van der Waals surface area (Å²) in [7, 11) is 1.98. The lowest BCUT2D eigenvalue weighted by molar-refractivity contribution is 0.761. The molecule has 0 saturated heterocycles. The molecule has 0 amide bonds. The van der Waals surface area contributed by atoms with Gasteiger partial charge in [0, 0.05) is 17.8 Å². The van der Waals surface area contributed by atoms with Gasteiger partial charge in [0.1, 0.15) is 0 Å². The molecule has 0 unspecified atom stereocenters. The van der Waals surface area contributed by atoms with Crippen molar-refractivity contribution in [2.75, 3.05) is 0 Å². The second-order valence-corrected chi connectivity index (χ2v) is 5.29. The molecule has 0 spiro atoms. The number of nitrogens with zero attached hydrogens (tertiary/aromatic N) is 2. The van der Waals surface area contributed by atoms with E-state index >= 15 is 0 Å². The molecule has 0 saturated carbocycles. The van der Waals surface area contributed by atoms with Crippen LogP contribution in [0.25, 0.3) is 0 Å². The molecule has 90 valence electrons. The number of rotatable bonds is 4. The van der Waals surface area contributed by atoms with Crippen molar-refractivity contribution in [3.05, 3.63) is 46.7 Å². The zero-order valence-electron chi connectivity index (χ0n) is 9.36. The van der Waals surface area contributed by atoms with E-state index in [2.05, 4.69) is 4.98 Å². The zero-order valence-corrected chi connectivity index (χ0v) is 11.7. The molecule has 0 aliphatic heterocycles. The quantitative estimate of drug-likeness (QED) is 0.622. The maximum Gasteiger partial charge on any atom is 0.168 e. The fraction of sp³-hybridized carbons (Fsp3) is 0.250. The topological polar surface area (TPSA) is 17.8 Å². The van der Waals surface area contributed by atoms with Crippen molar-refractivity contribution in [3.63, 3.8) is 0 Å². The highest BCUT2D eigenvalue weighted by Crippen LogP contribution is 2.23. The molecular weight excluding hydrogens is 275 g/mol. The first kappa shape index (κ1) is 12.8. The Kier molecular flexibility index (Phi) is 4.37. The number of imidazole rings is 1. The number of benzene rings is 1. The van der Waals surface area contributed by atoms with Crippen molar-refractivity contribution in [1.29, 1.82) is 0 Å². The normalized spacial score (nSPS) is 10.8. The molecule has 0 bridgehead atoms. The van der Waals surface area contributed by atoms with Crippen molar-refractivity contribution >= 4 is 35.0 Å². The lowest BCUT2D eigenvalue weighted by Crippen LogP contribution is -1.95. The van der Waals surface area contributed by atoms with Crippen LogP contribution in [0.5, 0.6) is 0 Å². The van der Waals surface area contributed by atoms with Crippen LogP contribution in [-0.2, 0) is 18.7 Å². The number of hydrogen-bond donors (Lipinski definition) is 0. The van der Waals surface area contributed by atoms with E-state index in [0.29, 0.717) is 5.88 Å². The Labute approximate surface area is 115 Å². The number of aromatic nitrogens is 2. The van der Waals surface area contributed by atoms with Crippen molar-refractivity contribution in [2.45, 2.75) is 16.8 Å². The molecule has 17 heavy (non-hydrogen) atoms. The average molecular weight is 287 g/mol. The summed E-state index contributed by atoms with van der Waals surface area (Å²) in [6, 6.07) is 7.86. The Hall–Kier alpha value is -0.640. The maximum absolute atomic E-state index is 5.84. The summed E-state index contributed by atoms with van der Waals surface area (Å²) in [6.45, 7) is 0. The first-order valence-electron chi connectivity index (χ1n) is 5.14. The van der Waals surface area contributed by atoms with E-state index in [-0.39, 0.29) is 0 Å². The monoisotopic (exact) mass is 286 g/mol. The van der Waals surface area contributed by atoms with Crippen LogP contribution in [0.2, 0.25) is 5.02 Å². The van der Waals surface area contributed by atoms with Crippen LogP contribution >= 0.6 is 35.0 Å². The summed E-state index contributed by atoms with van der Waals surface area (Å²) in [5, 5.41) is 1.75. The van der Waals surface area contributed by atoms with Crippen molar-refractivity contribution in [1.82, 2.24) is 9.55 Å². The lowest BCUT2D eigenvalue weighted by atomic mass is 10.2. The van der Waals surface area contributed by atoms with Crippen LogP contribution < -0.4 is 0 Å². The molecule has 2 nitrogen and oxygen atoms in total. The summed E-state index contributed by atoms with van der Waals surface area (Å²) in [5.74, 6) is 1.37. The second-order valence-electron chi connectivity index (χ2n) is 3.64. The smallest absolute Gasteiger partial charge is 0.168 e. The molecule has 1 heterocycles. The third-order valence-electron chi connectivity index (χ3n) is 2.46. The summed E-state index contributed by atoms with van der Waals surface area (Å²) in [5.41, 5.74) is 2.26. The highest BCUT2D eigenvalue weighted by molar-refractivity contribution is 7.98. The minimum Gasteiger partial charge on any atom is -0.325 e. The summed E-state index contributed by atoms with van der Waals surface area (Å²) >= 11 is 13.3. The first-order chi connectivity index (χ1) is 8.20. The van der Waals surface area contributed by atoms with Gasteiger partial charge in [-0.2, -0.15) is 0 Å². The largest absolute Gasteiger partial charge is 0.325 e. The maximum atomic E-state index is 5.84. The van der Waals surface area contributed by atoms with E-state index in [1.807, 2.05) is 42.1 Å². The van der Waals surface area contributed by atoms with E-state index < -0.39 is 0 Å². The molecule has 0 N–H and O–H groups in total. The van der Waals surface area contributed by atoms with Crippen LogP contribution in [0.4, 0.5) is 0 Å². The standard InChI is InChI=1S/C12H12Cl2N2S/c1-16-11(6-13)7-15-12(16)17-8-9-2-4-10(14)5-3-9/h2-5,7H,6,8H2,1H3. The molecule has 0 radical (unpaired) electrons. The summed E-state index contributed by atoms with van der Waals surface area (Å²) in [4.78, 5) is 4.33. The van der Waals surface area contributed by atoms with Gasteiger partial charge in [0.25, 0.3) is 0 Å². The molecule has 1 aromatic heterocycles. The molecule has 1 aromatic carbocycles. The van der Waals surface area contributed by atoms with Gasteiger partial charge in [0.2, 0.25) is 0 Å². The number of alkyl halides is 1. The fourth-order valence-electron chi connectivity index (χ4n) is 1.41. The number of thioether (sulfide) groups is 1. The molecule has 0 atom stereocenters. The zero-order chi connectivity index (χ0) is 12.3. The van der Waals surface area contributed by atoms with E-state index in [9.17, 15) is 0 Å². The predicted molar refractivity (Wildman–Crippen MR) is 73.8 cm³/mol. The Bertz CT molecular complexity index is 494. The minimum absolute atomic E-state index is 0.491. The van der Waals surface area contributed by atoms with Crippen molar-refractivity contribution in [2.24, 2.45) is 7.05 Å². The van der Waals surface area contributed by atoms with Crippen molar-refractivity contribution in [3.8, 4) is 0 Å². The van der Waals surface area contributed by atoms with Gasteiger partial charge in [-0.05, 0) is 17.7 Å². The third-order valence-corrected chi connectivity index (χ3v) is 4.10. The van der Waals surface area contributed by atoms with Crippen LogP contribution in [-0.4, -0.2) is 9.55 Å². The Morgan fingerprint density at radius 1 is 1.29 bits per heavy atom. The molecule has 0 aliphatic rings. The van der Waals surface area contributed by atoms with Gasteiger partial charge in [-0.25, -0.2) is 4.98 Å². The van der Waals surface area contributed by atoms with Crippen molar-refractivity contribution < 1.29 is 0 Å². The second kappa shape index (κ2) is 5.80. The lowest BCUT2D eigenvalue weighted by Gasteiger charge is -2.04. The molecule has 2 rings (SSSR count). The van der Waals surface area contributed by atoms with E-state index in [0.717, 1.165) is 21.6 Å². The molecule has 2 aromatic rings. The van der Waals surface area contributed by atoms with Gasteiger partial charge < -0.3 is 4.57 Å². The highest BCUT2D eigenvalue weighted by Gasteiger charge is 2.06. The number of hydrogen-bond acceptors (Lipinski definition) is 2. The van der Waals surface area contributed by atoms with Gasteiger partial charge in [-0.1, -0.05) is 35.5 Å². The third kappa shape index (κ3) is 3.18. The first-order valence-corrected chi connectivity index (χ1v) is 7.04. The van der Waals surface area contributed by atoms with Gasteiger partial charge in [0.05, 0.1) is 17.8 Å².